The fourth-order valence-corrected chi connectivity index (χ4v) is 4.67. The molecule has 2 aliphatic heterocycles. The molecule has 0 bridgehead atoms. The third-order valence-corrected chi connectivity index (χ3v) is 6.23. The number of nitrogens with zero attached hydrogens (tertiary/aromatic N) is 3. The molecule has 0 spiro atoms. The fourth-order valence-electron chi connectivity index (χ4n) is 4.67. The van der Waals surface area contributed by atoms with Crippen molar-refractivity contribution >= 4 is 11.5 Å². The number of fused-ring (bicyclic) bond motifs is 1. The Morgan fingerprint density at radius 3 is 2.71 bits per heavy atom. The minimum atomic E-state index is -0.956. The molecule has 34 heavy (non-hydrogen) atoms. The lowest BCUT2D eigenvalue weighted by Gasteiger charge is -2.35. The molecule has 1 fully saturated rings. The molecule has 2 aliphatic rings. The number of benzene rings is 1. The summed E-state index contributed by atoms with van der Waals surface area (Å²) in [7, 11) is 0. The topological polar surface area (TPSA) is 81.3 Å². The molecule has 6 nitrogen and oxygen atoms in total. The van der Waals surface area contributed by atoms with Crippen molar-refractivity contribution in [2.75, 3.05) is 24.6 Å². The van der Waals surface area contributed by atoms with Gasteiger partial charge in [0.05, 0.1) is 17.9 Å². The highest BCUT2D eigenvalue weighted by atomic mass is 19.1. The summed E-state index contributed by atoms with van der Waals surface area (Å²) in [6.07, 6.45) is 4.10. The van der Waals surface area contributed by atoms with Crippen LogP contribution in [0.15, 0.2) is 36.5 Å². The number of carbonyl (C=O) groups excluding carboxylic acids is 1. The average molecular weight is 468 g/mol. The van der Waals surface area contributed by atoms with Crippen LogP contribution in [0, 0.1) is 17.5 Å². The summed E-state index contributed by atoms with van der Waals surface area (Å²) in [4.78, 5) is 23.7. The van der Waals surface area contributed by atoms with Crippen LogP contribution >= 0.6 is 0 Å². The van der Waals surface area contributed by atoms with Gasteiger partial charge in [-0.25, -0.2) is 23.1 Å². The molecule has 0 saturated carbocycles. The smallest absolute Gasteiger partial charge is 0.218 e. The molecule has 0 unspecified atom stereocenters. The Morgan fingerprint density at radius 1 is 1.15 bits per heavy atom. The molecule has 2 N–H and O–H groups in total. The second-order valence-corrected chi connectivity index (χ2v) is 8.59. The molecule has 176 valence electrons. The Hall–Kier alpha value is -3.46. The lowest BCUT2D eigenvalue weighted by Crippen LogP contribution is -2.43. The van der Waals surface area contributed by atoms with E-state index in [0.717, 1.165) is 48.8 Å². The molecular formula is C25H23F3N4O2. The number of piperidine rings is 1. The largest absolute Gasteiger partial charge is 0.477 e. The molecule has 3 aromatic rings. The van der Waals surface area contributed by atoms with Crippen molar-refractivity contribution in [1.29, 1.82) is 0 Å². The summed E-state index contributed by atoms with van der Waals surface area (Å²) in [6, 6.07) is 5.46. The highest BCUT2D eigenvalue weighted by molar-refractivity contribution is 5.97. The van der Waals surface area contributed by atoms with Crippen LogP contribution in [0.1, 0.15) is 34.5 Å². The Kier molecular flexibility index (Phi) is 5.95. The van der Waals surface area contributed by atoms with Crippen molar-refractivity contribution in [1.82, 2.24) is 9.97 Å². The molecule has 4 heterocycles. The molecule has 1 saturated heterocycles. The first-order valence-electron chi connectivity index (χ1n) is 11.2. The number of ketones is 1. The fraction of sp³-hybridized carbons (Fsp3) is 0.320. The minimum Gasteiger partial charge on any atom is -0.477 e. The van der Waals surface area contributed by atoms with Gasteiger partial charge in [0, 0.05) is 49.3 Å². The van der Waals surface area contributed by atoms with Crippen molar-refractivity contribution in [2.45, 2.75) is 31.7 Å². The van der Waals surface area contributed by atoms with Crippen LogP contribution in [0.5, 0.6) is 5.88 Å². The zero-order chi connectivity index (χ0) is 23.8. The highest BCUT2D eigenvalue weighted by Crippen LogP contribution is 2.37. The number of anilines is 1. The summed E-state index contributed by atoms with van der Waals surface area (Å²) in [5.74, 6) is -2.69. The SMILES string of the molecule is N[C@H]1CCCN(c2c(CC(=O)c3ccc(F)c(-c4c(F)cccc4F)n3)cnc3c2CCO3)C1. The first kappa shape index (κ1) is 22.3. The van der Waals surface area contributed by atoms with Crippen LogP contribution < -0.4 is 15.4 Å². The maximum atomic E-state index is 14.4. The molecule has 5 rings (SSSR count). The first-order valence-corrected chi connectivity index (χ1v) is 11.2. The lowest BCUT2D eigenvalue weighted by molar-refractivity contribution is 0.0988. The molecule has 1 atom stereocenters. The van der Waals surface area contributed by atoms with Crippen LogP contribution in [0.4, 0.5) is 18.9 Å². The van der Waals surface area contributed by atoms with E-state index in [-0.39, 0.29) is 18.2 Å². The van der Waals surface area contributed by atoms with Crippen LogP contribution in [0.25, 0.3) is 11.3 Å². The monoisotopic (exact) mass is 468 g/mol. The Morgan fingerprint density at radius 2 is 1.94 bits per heavy atom. The van der Waals surface area contributed by atoms with E-state index < -0.39 is 34.5 Å². The molecule has 0 radical (unpaired) electrons. The van der Waals surface area contributed by atoms with Crippen molar-refractivity contribution in [2.24, 2.45) is 5.73 Å². The molecule has 1 aromatic carbocycles. The first-order chi connectivity index (χ1) is 16.4. The van der Waals surface area contributed by atoms with Crippen LogP contribution in [-0.2, 0) is 12.8 Å². The van der Waals surface area contributed by atoms with E-state index in [9.17, 15) is 18.0 Å². The lowest BCUT2D eigenvalue weighted by atomic mass is 9.98. The predicted molar refractivity (Wildman–Crippen MR) is 120 cm³/mol. The van der Waals surface area contributed by atoms with Crippen LogP contribution in [-0.4, -0.2) is 41.5 Å². The number of aromatic nitrogens is 2. The number of rotatable bonds is 5. The Labute approximate surface area is 194 Å². The maximum Gasteiger partial charge on any atom is 0.218 e. The number of ether oxygens (including phenoxy) is 1. The van der Waals surface area contributed by atoms with Gasteiger partial charge in [-0.1, -0.05) is 6.07 Å². The average Bonchev–Trinajstić information content (AvgIpc) is 3.28. The van der Waals surface area contributed by atoms with Gasteiger partial charge in [0.1, 0.15) is 28.8 Å². The van der Waals surface area contributed by atoms with Crippen LogP contribution in [0.3, 0.4) is 0 Å². The highest BCUT2D eigenvalue weighted by Gasteiger charge is 2.28. The van der Waals surface area contributed by atoms with E-state index in [0.29, 0.717) is 31.0 Å². The second-order valence-electron chi connectivity index (χ2n) is 8.59. The number of halogens is 3. The second kappa shape index (κ2) is 9.06. The van der Waals surface area contributed by atoms with Crippen molar-refractivity contribution in [3.63, 3.8) is 0 Å². The van der Waals surface area contributed by atoms with Gasteiger partial charge in [-0.15, -0.1) is 0 Å². The Balaban J connectivity index is 1.50. The molecule has 2 aromatic heterocycles. The zero-order valence-corrected chi connectivity index (χ0v) is 18.4. The van der Waals surface area contributed by atoms with E-state index in [4.69, 9.17) is 10.5 Å². The van der Waals surface area contributed by atoms with E-state index >= 15 is 0 Å². The minimum absolute atomic E-state index is 0.0282. The van der Waals surface area contributed by atoms with Crippen molar-refractivity contribution in [3.8, 4) is 17.1 Å². The van der Waals surface area contributed by atoms with Gasteiger partial charge in [0.2, 0.25) is 5.88 Å². The van der Waals surface area contributed by atoms with Gasteiger partial charge in [0.25, 0.3) is 0 Å². The third kappa shape index (κ3) is 4.11. The summed E-state index contributed by atoms with van der Waals surface area (Å²) in [6.45, 7) is 1.98. The van der Waals surface area contributed by atoms with Crippen molar-refractivity contribution < 1.29 is 22.7 Å². The maximum absolute atomic E-state index is 14.4. The number of pyridine rings is 2. The van der Waals surface area contributed by atoms with Crippen molar-refractivity contribution in [3.05, 3.63) is 70.8 Å². The van der Waals surface area contributed by atoms with Gasteiger partial charge >= 0.3 is 0 Å². The van der Waals surface area contributed by atoms with E-state index in [2.05, 4.69) is 14.9 Å². The summed E-state index contributed by atoms with van der Waals surface area (Å²) < 4.78 is 48.6. The van der Waals surface area contributed by atoms with E-state index in [1.165, 1.54) is 12.1 Å². The number of hydrogen-bond acceptors (Lipinski definition) is 6. The number of nitrogens with two attached hydrogens (primary N) is 1. The normalized spacial score (nSPS) is 17.4. The quantitative estimate of drug-likeness (QED) is 0.573. The number of carbonyl (C=O) groups is 1. The Bertz CT molecular complexity index is 1250. The molecular weight excluding hydrogens is 445 g/mol. The van der Waals surface area contributed by atoms with E-state index in [1.807, 2.05) is 0 Å². The molecule has 9 heteroatoms. The van der Waals surface area contributed by atoms with Gasteiger partial charge in [0.15, 0.2) is 5.78 Å². The summed E-state index contributed by atoms with van der Waals surface area (Å²) in [5, 5.41) is 0. The van der Waals surface area contributed by atoms with Gasteiger partial charge in [-0.2, -0.15) is 0 Å². The zero-order valence-electron chi connectivity index (χ0n) is 18.4. The number of Topliss-reactive ketones (excluding diaryl/α,β-unsaturated/α-hetero) is 1. The summed E-state index contributed by atoms with van der Waals surface area (Å²) in [5.41, 5.74) is 7.50. The van der Waals surface area contributed by atoms with Gasteiger partial charge in [-0.05, 0) is 37.1 Å². The summed E-state index contributed by atoms with van der Waals surface area (Å²) >= 11 is 0. The molecule has 0 aliphatic carbocycles. The number of hydrogen-bond donors (Lipinski definition) is 1. The van der Waals surface area contributed by atoms with Gasteiger partial charge in [-0.3, -0.25) is 4.79 Å². The third-order valence-electron chi connectivity index (χ3n) is 6.23. The van der Waals surface area contributed by atoms with Gasteiger partial charge < -0.3 is 15.4 Å². The van der Waals surface area contributed by atoms with E-state index in [1.54, 1.807) is 6.20 Å². The predicted octanol–water partition coefficient (Wildman–Crippen LogP) is 3.85. The molecule has 0 amide bonds. The van der Waals surface area contributed by atoms with Crippen LogP contribution in [0.2, 0.25) is 0 Å². The standard InChI is InChI=1S/C25H23F3N4O2/c26-17-4-1-5-18(27)22(17)23-19(28)6-7-20(31-23)21(33)11-14-12-30-25-16(8-10-34-25)24(14)32-9-2-3-15(29)13-32/h1,4-7,12,15H,2-3,8-11,13,29H2/t15-/m0/s1.